The van der Waals surface area contributed by atoms with E-state index in [1.165, 1.54) is 33.4 Å². The van der Waals surface area contributed by atoms with Crippen molar-refractivity contribution in [3.8, 4) is 11.1 Å². The third kappa shape index (κ3) is 3.74. The molecule has 2 rings (SSSR count). The Labute approximate surface area is 149 Å². The fraction of sp³-hybridized carbons (Fsp3) is 0.500. The number of hydrogen-bond donors (Lipinski definition) is 0. The molecule has 0 radical (unpaired) electrons. The first-order valence-electron chi connectivity index (χ1n) is 9.51. The molecule has 0 saturated carbocycles. The molecular formula is C24H34. The highest BCUT2D eigenvalue weighted by Gasteiger charge is 2.19. The summed E-state index contributed by atoms with van der Waals surface area (Å²) in [6.07, 6.45) is 0. The van der Waals surface area contributed by atoms with E-state index in [-0.39, 0.29) is 0 Å². The largest absolute Gasteiger partial charge is 0.0617 e. The lowest BCUT2D eigenvalue weighted by Crippen LogP contribution is -2.04. The van der Waals surface area contributed by atoms with E-state index in [9.17, 15) is 0 Å². The van der Waals surface area contributed by atoms with Crippen molar-refractivity contribution < 1.29 is 0 Å². The summed E-state index contributed by atoms with van der Waals surface area (Å²) in [4.78, 5) is 0. The highest BCUT2D eigenvalue weighted by Crippen LogP contribution is 2.40. The van der Waals surface area contributed by atoms with E-state index in [0.29, 0.717) is 23.7 Å². The molecule has 0 nitrogen and oxygen atoms in total. The van der Waals surface area contributed by atoms with Crippen LogP contribution in [0.25, 0.3) is 11.1 Å². The second kappa shape index (κ2) is 7.55. The standard InChI is InChI=1S/C24H34/c1-15(2)19-12-13-20(16(3)4)23(14-19)24-21(17(5)6)10-9-11-22(24)18(7)8/h9-18H,1-8H3. The van der Waals surface area contributed by atoms with Crippen LogP contribution in [0, 0.1) is 0 Å². The van der Waals surface area contributed by atoms with Gasteiger partial charge in [-0.3, -0.25) is 0 Å². The summed E-state index contributed by atoms with van der Waals surface area (Å²) in [7, 11) is 0. The van der Waals surface area contributed by atoms with E-state index >= 15 is 0 Å². The van der Waals surface area contributed by atoms with Gasteiger partial charge in [0, 0.05) is 0 Å². The Balaban J connectivity index is 2.85. The van der Waals surface area contributed by atoms with Crippen molar-refractivity contribution >= 4 is 0 Å². The maximum atomic E-state index is 2.45. The maximum absolute atomic E-state index is 2.45. The van der Waals surface area contributed by atoms with Crippen LogP contribution in [0.5, 0.6) is 0 Å². The average molecular weight is 323 g/mol. The number of benzene rings is 2. The van der Waals surface area contributed by atoms with Crippen LogP contribution in [0.15, 0.2) is 36.4 Å². The fourth-order valence-electron chi connectivity index (χ4n) is 3.52. The summed E-state index contributed by atoms with van der Waals surface area (Å²) in [6, 6.07) is 14.0. The highest BCUT2D eigenvalue weighted by molar-refractivity contribution is 5.76. The van der Waals surface area contributed by atoms with Gasteiger partial charge in [0.2, 0.25) is 0 Å². The first kappa shape index (κ1) is 18.8. The molecule has 0 heteroatoms. The minimum absolute atomic E-state index is 0.529. The molecule has 0 aliphatic carbocycles. The molecule has 0 aliphatic rings. The summed E-state index contributed by atoms with van der Waals surface area (Å²) in [6.45, 7) is 18.4. The average Bonchev–Trinajstić information content (AvgIpc) is 2.53. The van der Waals surface area contributed by atoms with E-state index in [2.05, 4.69) is 91.8 Å². The van der Waals surface area contributed by atoms with E-state index in [0.717, 1.165) is 0 Å². The van der Waals surface area contributed by atoms with Gasteiger partial charge in [0.25, 0.3) is 0 Å². The van der Waals surface area contributed by atoms with Gasteiger partial charge in [0.1, 0.15) is 0 Å². The molecule has 0 fully saturated rings. The molecule has 0 aliphatic heterocycles. The second-order valence-corrected chi connectivity index (χ2v) is 8.28. The molecule has 24 heavy (non-hydrogen) atoms. The molecule has 0 heterocycles. The van der Waals surface area contributed by atoms with Gasteiger partial charge in [-0.1, -0.05) is 91.8 Å². The summed E-state index contributed by atoms with van der Waals surface area (Å²) in [5.74, 6) is 2.14. The van der Waals surface area contributed by atoms with Crippen LogP contribution >= 0.6 is 0 Å². The summed E-state index contributed by atoms with van der Waals surface area (Å²) < 4.78 is 0. The zero-order valence-electron chi connectivity index (χ0n) is 16.8. The minimum Gasteiger partial charge on any atom is -0.0617 e. The van der Waals surface area contributed by atoms with E-state index in [1.54, 1.807) is 0 Å². The van der Waals surface area contributed by atoms with Crippen LogP contribution < -0.4 is 0 Å². The molecule has 0 saturated heterocycles. The van der Waals surface area contributed by atoms with Gasteiger partial charge < -0.3 is 0 Å². The first-order chi connectivity index (χ1) is 11.2. The van der Waals surface area contributed by atoms with Crippen molar-refractivity contribution in [1.29, 1.82) is 0 Å². The summed E-state index contributed by atoms with van der Waals surface area (Å²) >= 11 is 0. The molecule has 0 aromatic heterocycles. The van der Waals surface area contributed by atoms with Crippen molar-refractivity contribution in [2.45, 2.75) is 79.1 Å². The molecule has 2 aromatic carbocycles. The predicted octanol–water partition coefficient (Wildman–Crippen LogP) is 7.85. The monoisotopic (exact) mass is 322 g/mol. The van der Waals surface area contributed by atoms with Gasteiger partial charge in [-0.25, -0.2) is 0 Å². The van der Waals surface area contributed by atoms with Gasteiger partial charge in [0.05, 0.1) is 0 Å². The number of rotatable bonds is 5. The van der Waals surface area contributed by atoms with E-state index < -0.39 is 0 Å². The topological polar surface area (TPSA) is 0 Å². The molecule has 0 bridgehead atoms. The van der Waals surface area contributed by atoms with Crippen molar-refractivity contribution in [2.75, 3.05) is 0 Å². The van der Waals surface area contributed by atoms with Gasteiger partial charge in [0.15, 0.2) is 0 Å². The minimum atomic E-state index is 0.529. The lowest BCUT2D eigenvalue weighted by Gasteiger charge is -2.24. The van der Waals surface area contributed by atoms with E-state index in [1.807, 2.05) is 0 Å². The molecule has 2 aromatic rings. The van der Waals surface area contributed by atoms with Crippen molar-refractivity contribution in [2.24, 2.45) is 0 Å². The second-order valence-electron chi connectivity index (χ2n) is 8.28. The zero-order valence-corrected chi connectivity index (χ0v) is 16.8. The molecule has 0 N–H and O–H groups in total. The van der Waals surface area contributed by atoms with Crippen molar-refractivity contribution in [3.63, 3.8) is 0 Å². The number of hydrogen-bond acceptors (Lipinski definition) is 0. The van der Waals surface area contributed by atoms with Crippen LogP contribution in [0.3, 0.4) is 0 Å². The Hall–Kier alpha value is -1.56. The van der Waals surface area contributed by atoms with Crippen molar-refractivity contribution in [1.82, 2.24) is 0 Å². The third-order valence-electron chi connectivity index (χ3n) is 5.01. The Bertz CT molecular complexity index is 661. The summed E-state index contributed by atoms with van der Waals surface area (Å²) in [5, 5.41) is 0. The van der Waals surface area contributed by atoms with Crippen LogP contribution in [0.4, 0.5) is 0 Å². The van der Waals surface area contributed by atoms with Gasteiger partial charge >= 0.3 is 0 Å². The lowest BCUT2D eigenvalue weighted by atomic mass is 9.80. The Morgan fingerprint density at radius 3 is 1.46 bits per heavy atom. The van der Waals surface area contributed by atoms with E-state index in [4.69, 9.17) is 0 Å². The molecule has 130 valence electrons. The third-order valence-corrected chi connectivity index (χ3v) is 5.01. The SMILES string of the molecule is CC(C)c1ccc(C(C)C)c(-c2c(C(C)C)cccc2C(C)C)c1. The quantitative estimate of drug-likeness (QED) is 0.525. The highest BCUT2D eigenvalue weighted by atomic mass is 14.2. The zero-order chi connectivity index (χ0) is 18.0. The first-order valence-corrected chi connectivity index (χ1v) is 9.51. The van der Waals surface area contributed by atoms with Gasteiger partial charge in [-0.2, -0.15) is 0 Å². The normalized spacial score (nSPS) is 12.0. The van der Waals surface area contributed by atoms with Crippen LogP contribution in [0.2, 0.25) is 0 Å². The fourth-order valence-corrected chi connectivity index (χ4v) is 3.52. The molecule has 0 atom stereocenters. The molecular weight excluding hydrogens is 288 g/mol. The smallest absolute Gasteiger partial charge is 0.0112 e. The van der Waals surface area contributed by atoms with Crippen LogP contribution in [0.1, 0.15) is 101 Å². The molecule has 0 spiro atoms. The maximum Gasteiger partial charge on any atom is -0.0112 e. The summed E-state index contributed by atoms with van der Waals surface area (Å²) in [5.41, 5.74) is 8.78. The molecule has 0 amide bonds. The van der Waals surface area contributed by atoms with Crippen LogP contribution in [-0.4, -0.2) is 0 Å². The van der Waals surface area contributed by atoms with Crippen LogP contribution in [-0.2, 0) is 0 Å². The van der Waals surface area contributed by atoms with Gasteiger partial charge in [-0.15, -0.1) is 0 Å². The van der Waals surface area contributed by atoms with Gasteiger partial charge in [-0.05, 0) is 57.1 Å². The Morgan fingerprint density at radius 2 is 1.04 bits per heavy atom. The Kier molecular flexibility index (Phi) is 5.91. The molecule has 0 unspecified atom stereocenters. The Morgan fingerprint density at radius 1 is 0.542 bits per heavy atom. The van der Waals surface area contributed by atoms with Crippen molar-refractivity contribution in [3.05, 3.63) is 58.7 Å². The lowest BCUT2D eigenvalue weighted by molar-refractivity contribution is 0.826. The predicted molar refractivity (Wildman–Crippen MR) is 108 cm³/mol.